The predicted molar refractivity (Wildman–Crippen MR) is 87.2 cm³/mol. The van der Waals surface area contributed by atoms with Crippen LogP contribution in [0.4, 0.5) is 0 Å². The summed E-state index contributed by atoms with van der Waals surface area (Å²) in [6, 6.07) is 7.61. The Bertz CT molecular complexity index is 549. The van der Waals surface area contributed by atoms with E-state index in [2.05, 4.69) is 0 Å². The Morgan fingerprint density at radius 3 is 2.82 bits per heavy atom. The Labute approximate surface area is 137 Å². The summed E-state index contributed by atoms with van der Waals surface area (Å²) < 4.78 is 6.15. The molecule has 1 saturated carbocycles. The van der Waals surface area contributed by atoms with E-state index in [1.54, 1.807) is 0 Å². The third-order valence-corrected chi connectivity index (χ3v) is 5.02. The predicted octanol–water partition coefficient (Wildman–Crippen LogP) is 2.52. The van der Waals surface area contributed by atoms with Crippen LogP contribution in [0.2, 0.25) is 5.02 Å². The average molecular weight is 323 g/mol. The van der Waals surface area contributed by atoms with Gasteiger partial charge in [-0.05, 0) is 45.0 Å². The number of fused-ring (bicyclic) bond motifs is 1. The Balaban J connectivity index is 1.63. The molecule has 1 aliphatic carbocycles. The second-order valence-electron chi connectivity index (χ2n) is 6.62. The second-order valence-corrected chi connectivity index (χ2v) is 7.03. The van der Waals surface area contributed by atoms with Gasteiger partial charge in [-0.15, -0.1) is 0 Å². The summed E-state index contributed by atoms with van der Waals surface area (Å²) in [5, 5.41) is 0.657. The van der Waals surface area contributed by atoms with Crippen LogP contribution >= 0.6 is 11.6 Å². The van der Waals surface area contributed by atoms with Crippen molar-refractivity contribution in [1.29, 1.82) is 0 Å². The minimum Gasteiger partial charge on any atom is -0.489 e. The number of rotatable bonds is 4. The molecule has 22 heavy (non-hydrogen) atoms. The van der Waals surface area contributed by atoms with Crippen LogP contribution in [0.15, 0.2) is 24.3 Å². The van der Waals surface area contributed by atoms with Crippen LogP contribution in [0.1, 0.15) is 12.8 Å². The Morgan fingerprint density at radius 2 is 2.09 bits per heavy atom. The maximum Gasteiger partial charge on any atom is 0.236 e. The lowest BCUT2D eigenvalue weighted by molar-refractivity contribution is -0.131. The average Bonchev–Trinajstić information content (AvgIpc) is 3.02. The molecular formula is C17H23ClN2O2. The Hall–Kier alpha value is -1.26. The topological polar surface area (TPSA) is 32.8 Å². The number of ether oxygens (including phenoxy) is 1. The largest absolute Gasteiger partial charge is 0.489 e. The molecular weight excluding hydrogens is 300 g/mol. The Kier molecular flexibility index (Phi) is 4.59. The number of halogens is 1. The summed E-state index contributed by atoms with van der Waals surface area (Å²) in [4.78, 5) is 16.2. The Morgan fingerprint density at radius 1 is 1.32 bits per heavy atom. The number of nitrogens with zero attached hydrogens (tertiary/aromatic N) is 2. The molecule has 3 atom stereocenters. The highest BCUT2D eigenvalue weighted by molar-refractivity contribution is 6.32. The molecule has 1 heterocycles. The van der Waals surface area contributed by atoms with E-state index in [0.717, 1.165) is 31.7 Å². The molecule has 1 amide bonds. The molecule has 5 heteroatoms. The van der Waals surface area contributed by atoms with Crippen LogP contribution in [0.25, 0.3) is 0 Å². The molecule has 0 radical (unpaired) electrons. The van der Waals surface area contributed by atoms with E-state index >= 15 is 0 Å². The van der Waals surface area contributed by atoms with Crippen molar-refractivity contribution in [3.63, 3.8) is 0 Å². The highest BCUT2D eigenvalue weighted by atomic mass is 35.5. The highest BCUT2D eigenvalue weighted by Crippen LogP contribution is 2.41. The normalized spacial score (nSPS) is 27.3. The minimum absolute atomic E-state index is 0.169. The lowest BCUT2D eigenvalue weighted by Crippen LogP contribution is -2.38. The van der Waals surface area contributed by atoms with Crippen molar-refractivity contribution in [2.45, 2.75) is 18.9 Å². The lowest BCUT2D eigenvalue weighted by Gasteiger charge is -2.23. The molecule has 1 aromatic rings. The number of carbonyl (C=O) groups is 1. The van der Waals surface area contributed by atoms with E-state index in [9.17, 15) is 4.79 Å². The molecule has 4 nitrogen and oxygen atoms in total. The molecule has 2 fully saturated rings. The number of carbonyl (C=O) groups excluding carboxylic acids is 1. The van der Waals surface area contributed by atoms with E-state index < -0.39 is 0 Å². The van der Waals surface area contributed by atoms with Gasteiger partial charge in [0.1, 0.15) is 11.9 Å². The third-order valence-electron chi connectivity index (χ3n) is 4.71. The van der Waals surface area contributed by atoms with Crippen LogP contribution < -0.4 is 4.74 Å². The van der Waals surface area contributed by atoms with Crippen LogP contribution in [0.5, 0.6) is 5.75 Å². The van der Waals surface area contributed by atoms with Crippen molar-refractivity contribution < 1.29 is 9.53 Å². The number of amides is 1. The number of hydrogen-bond donors (Lipinski definition) is 0. The summed E-state index contributed by atoms with van der Waals surface area (Å²) in [5.74, 6) is 1.98. The maximum atomic E-state index is 12.2. The van der Waals surface area contributed by atoms with E-state index in [1.165, 1.54) is 0 Å². The minimum atomic E-state index is 0.169. The molecule has 1 aliphatic heterocycles. The van der Waals surface area contributed by atoms with Crippen molar-refractivity contribution in [3.8, 4) is 5.75 Å². The smallest absolute Gasteiger partial charge is 0.236 e. The van der Waals surface area contributed by atoms with Crippen LogP contribution in [0, 0.1) is 11.8 Å². The lowest BCUT2D eigenvalue weighted by atomic mass is 9.99. The number of benzene rings is 1. The first-order valence-electron chi connectivity index (χ1n) is 7.88. The zero-order valence-corrected chi connectivity index (χ0v) is 13.9. The zero-order valence-electron chi connectivity index (χ0n) is 13.2. The third kappa shape index (κ3) is 3.23. The fourth-order valence-corrected chi connectivity index (χ4v) is 3.82. The first kappa shape index (κ1) is 15.6. The van der Waals surface area contributed by atoms with E-state index in [-0.39, 0.29) is 12.0 Å². The van der Waals surface area contributed by atoms with Gasteiger partial charge in [-0.3, -0.25) is 4.79 Å². The summed E-state index contributed by atoms with van der Waals surface area (Å²) >= 11 is 6.19. The quantitative estimate of drug-likeness (QED) is 0.854. The molecule has 1 aromatic carbocycles. The van der Waals surface area contributed by atoms with Gasteiger partial charge in [0.05, 0.1) is 11.6 Å². The van der Waals surface area contributed by atoms with Gasteiger partial charge in [0, 0.05) is 19.0 Å². The van der Waals surface area contributed by atoms with Gasteiger partial charge in [-0.25, -0.2) is 0 Å². The molecule has 0 unspecified atom stereocenters. The molecule has 3 rings (SSSR count). The van der Waals surface area contributed by atoms with Gasteiger partial charge in [-0.1, -0.05) is 23.7 Å². The summed E-state index contributed by atoms with van der Waals surface area (Å²) in [7, 11) is 3.86. The van der Waals surface area contributed by atoms with Crippen molar-refractivity contribution in [3.05, 3.63) is 29.3 Å². The molecule has 0 N–H and O–H groups in total. The fourth-order valence-electron chi connectivity index (χ4n) is 3.64. The maximum absolute atomic E-state index is 12.2. The van der Waals surface area contributed by atoms with Gasteiger partial charge in [0.25, 0.3) is 0 Å². The molecule has 120 valence electrons. The second kappa shape index (κ2) is 6.47. The SMILES string of the molecule is CN(C)CC(=O)N1C[C@@H]2CC[C@H](Oc3ccccc3Cl)[C@@H]2C1. The van der Waals surface area contributed by atoms with Crippen LogP contribution in [-0.2, 0) is 4.79 Å². The molecule has 0 spiro atoms. The number of likely N-dealkylation sites (tertiary alicyclic amines) is 1. The van der Waals surface area contributed by atoms with Crippen LogP contribution in [-0.4, -0.2) is 55.5 Å². The molecule has 0 aromatic heterocycles. The standard InChI is InChI=1S/C17H23ClN2O2/c1-19(2)11-17(21)20-9-12-7-8-15(13(12)10-20)22-16-6-4-3-5-14(16)18/h3-6,12-13,15H,7-11H2,1-2H3/t12-,13+,15-/m0/s1. The molecule has 2 aliphatic rings. The van der Waals surface area contributed by atoms with E-state index in [4.69, 9.17) is 16.3 Å². The number of hydrogen-bond acceptors (Lipinski definition) is 3. The van der Waals surface area contributed by atoms with Crippen molar-refractivity contribution in [2.24, 2.45) is 11.8 Å². The van der Waals surface area contributed by atoms with Gasteiger partial charge >= 0.3 is 0 Å². The van der Waals surface area contributed by atoms with Gasteiger partial charge in [0.2, 0.25) is 5.91 Å². The van der Waals surface area contributed by atoms with E-state index in [1.807, 2.05) is 48.2 Å². The number of likely N-dealkylation sites (N-methyl/N-ethyl adjacent to an activating group) is 1. The first-order valence-corrected chi connectivity index (χ1v) is 8.26. The molecule has 1 saturated heterocycles. The van der Waals surface area contributed by atoms with Crippen molar-refractivity contribution in [2.75, 3.05) is 33.7 Å². The monoisotopic (exact) mass is 322 g/mol. The van der Waals surface area contributed by atoms with Crippen molar-refractivity contribution in [1.82, 2.24) is 9.80 Å². The van der Waals surface area contributed by atoms with Gasteiger partial charge in [-0.2, -0.15) is 0 Å². The number of para-hydroxylation sites is 1. The van der Waals surface area contributed by atoms with Crippen LogP contribution in [0.3, 0.4) is 0 Å². The summed E-state index contributed by atoms with van der Waals surface area (Å²) in [5.41, 5.74) is 0. The fraction of sp³-hybridized carbons (Fsp3) is 0.588. The summed E-state index contributed by atoms with van der Waals surface area (Å²) in [6.07, 6.45) is 2.35. The van der Waals surface area contributed by atoms with Crippen molar-refractivity contribution >= 4 is 17.5 Å². The van der Waals surface area contributed by atoms with Gasteiger partial charge < -0.3 is 14.5 Å². The summed E-state index contributed by atoms with van der Waals surface area (Å²) in [6.45, 7) is 2.17. The first-order chi connectivity index (χ1) is 10.5. The van der Waals surface area contributed by atoms with E-state index in [0.29, 0.717) is 23.4 Å². The zero-order chi connectivity index (χ0) is 15.7. The molecule has 0 bridgehead atoms. The van der Waals surface area contributed by atoms with Gasteiger partial charge in [0.15, 0.2) is 0 Å². The highest BCUT2D eigenvalue weighted by Gasteiger charge is 2.45.